The van der Waals surface area contributed by atoms with E-state index in [2.05, 4.69) is 20.2 Å². The normalized spacial score (nSPS) is 14.6. The molecule has 1 aromatic carbocycles. The fourth-order valence-corrected chi connectivity index (χ4v) is 2.61. The summed E-state index contributed by atoms with van der Waals surface area (Å²) < 4.78 is 5.36. The van der Waals surface area contributed by atoms with Gasteiger partial charge in [0.05, 0.1) is 18.9 Å². The van der Waals surface area contributed by atoms with Crippen LogP contribution >= 0.6 is 11.6 Å². The van der Waals surface area contributed by atoms with Crippen LogP contribution in [0.4, 0.5) is 11.5 Å². The largest absolute Gasteiger partial charge is 0.378 e. The molecule has 1 aromatic heterocycles. The van der Waals surface area contributed by atoms with Crippen molar-refractivity contribution in [2.45, 2.75) is 6.92 Å². The highest BCUT2D eigenvalue weighted by Crippen LogP contribution is 2.25. The maximum absolute atomic E-state index is 11.1. The Balaban J connectivity index is 1.87. The monoisotopic (exact) mass is 332 g/mol. The average Bonchev–Trinajstić information content (AvgIpc) is 2.55. The molecule has 1 saturated heterocycles. The highest BCUT2D eigenvalue weighted by atomic mass is 35.5. The molecule has 6 nitrogen and oxygen atoms in total. The molecular weight excluding hydrogens is 316 g/mol. The Labute approximate surface area is 139 Å². The van der Waals surface area contributed by atoms with Crippen molar-refractivity contribution in [3.8, 4) is 11.3 Å². The predicted molar refractivity (Wildman–Crippen MR) is 89.8 cm³/mol. The van der Waals surface area contributed by atoms with E-state index in [1.165, 1.54) is 6.92 Å². The van der Waals surface area contributed by atoms with Crippen molar-refractivity contribution in [3.63, 3.8) is 0 Å². The maximum Gasteiger partial charge on any atom is 0.224 e. The van der Waals surface area contributed by atoms with E-state index in [0.717, 1.165) is 35.9 Å². The minimum atomic E-state index is -0.0996. The molecule has 0 saturated carbocycles. The fourth-order valence-electron chi connectivity index (χ4n) is 2.44. The number of nitrogens with one attached hydrogen (secondary N) is 1. The summed E-state index contributed by atoms with van der Waals surface area (Å²) in [4.78, 5) is 21.8. The maximum atomic E-state index is 11.1. The van der Waals surface area contributed by atoms with E-state index in [9.17, 15) is 4.79 Å². The van der Waals surface area contributed by atoms with Gasteiger partial charge in [-0.15, -0.1) is 0 Å². The average molecular weight is 333 g/mol. The number of benzene rings is 1. The zero-order chi connectivity index (χ0) is 16.2. The first-order valence-corrected chi connectivity index (χ1v) is 7.75. The zero-order valence-electron chi connectivity index (χ0n) is 12.8. The number of aromatic nitrogens is 2. The van der Waals surface area contributed by atoms with Crippen LogP contribution in [0.3, 0.4) is 0 Å². The van der Waals surface area contributed by atoms with Crippen molar-refractivity contribution < 1.29 is 9.53 Å². The van der Waals surface area contributed by atoms with E-state index in [1.54, 1.807) is 0 Å². The molecule has 1 aliphatic heterocycles. The van der Waals surface area contributed by atoms with Crippen molar-refractivity contribution in [1.82, 2.24) is 9.97 Å². The van der Waals surface area contributed by atoms with Gasteiger partial charge < -0.3 is 15.0 Å². The van der Waals surface area contributed by atoms with Gasteiger partial charge >= 0.3 is 0 Å². The van der Waals surface area contributed by atoms with Crippen LogP contribution in [-0.4, -0.2) is 42.2 Å². The zero-order valence-corrected chi connectivity index (χ0v) is 13.5. The lowest BCUT2D eigenvalue weighted by molar-refractivity contribution is -0.114. The number of nitrogens with zero attached hydrogens (tertiary/aromatic N) is 3. The number of hydrogen-bond acceptors (Lipinski definition) is 5. The summed E-state index contributed by atoms with van der Waals surface area (Å²) in [5.41, 5.74) is 2.41. The Morgan fingerprint density at radius 2 is 1.91 bits per heavy atom. The second-order valence-electron chi connectivity index (χ2n) is 5.24. The molecule has 3 rings (SSSR count). The molecule has 1 amide bonds. The number of rotatable bonds is 3. The van der Waals surface area contributed by atoms with Gasteiger partial charge in [-0.3, -0.25) is 4.79 Å². The van der Waals surface area contributed by atoms with Gasteiger partial charge in [0.25, 0.3) is 0 Å². The Morgan fingerprint density at radius 3 is 2.57 bits per heavy atom. The molecule has 0 bridgehead atoms. The van der Waals surface area contributed by atoms with E-state index >= 15 is 0 Å². The topological polar surface area (TPSA) is 67.4 Å². The Bertz CT molecular complexity index is 700. The van der Waals surface area contributed by atoms with Crippen molar-refractivity contribution in [2.75, 3.05) is 36.5 Å². The number of morpholine rings is 1. The Morgan fingerprint density at radius 1 is 1.22 bits per heavy atom. The Kier molecular flexibility index (Phi) is 4.73. The summed E-state index contributed by atoms with van der Waals surface area (Å²) >= 11 is 6.08. The van der Waals surface area contributed by atoms with Crippen LogP contribution in [0, 0.1) is 0 Å². The van der Waals surface area contributed by atoms with Gasteiger partial charge in [0.1, 0.15) is 5.82 Å². The van der Waals surface area contributed by atoms with Crippen LogP contribution in [0.1, 0.15) is 6.92 Å². The lowest BCUT2D eigenvalue weighted by Crippen LogP contribution is -2.36. The van der Waals surface area contributed by atoms with Crippen molar-refractivity contribution >= 4 is 29.0 Å². The summed E-state index contributed by atoms with van der Waals surface area (Å²) in [7, 11) is 0. The van der Waals surface area contributed by atoms with Gasteiger partial charge in [-0.1, -0.05) is 12.1 Å². The molecule has 7 heteroatoms. The van der Waals surface area contributed by atoms with Crippen LogP contribution in [0.15, 0.2) is 30.3 Å². The number of halogens is 1. The minimum Gasteiger partial charge on any atom is -0.378 e. The molecular formula is C16H17ClN4O2. The molecule has 1 fully saturated rings. The van der Waals surface area contributed by atoms with Gasteiger partial charge in [-0.25, -0.2) is 9.97 Å². The van der Waals surface area contributed by atoms with E-state index < -0.39 is 0 Å². The number of anilines is 2. The first-order chi connectivity index (χ1) is 11.1. The van der Waals surface area contributed by atoms with Crippen molar-refractivity contribution in [2.24, 2.45) is 0 Å². The van der Waals surface area contributed by atoms with Gasteiger partial charge in [0.2, 0.25) is 11.2 Å². The van der Waals surface area contributed by atoms with Crippen LogP contribution in [0.5, 0.6) is 0 Å². The van der Waals surface area contributed by atoms with Crippen LogP contribution in [0.25, 0.3) is 11.3 Å². The lowest BCUT2D eigenvalue weighted by Gasteiger charge is -2.28. The highest BCUT2D eigenvalue weighted by Gasteiger charge is 2.15. The fraction of sp³-hybridized carbons (Fsp3) is 0.312. The Hall–Kier alpha value is -2.18. The number of ether oxygens (including phenoxy) is 1. The molecule has 120 valence electrons. The molecule has 23 heavy (non-hydrogen) atoms. The predicted octanol–water partition coefficient (Wildman–Crippen LogP) is 2.59. The molecule has 1 aliphatic rings. The first-order valence-electron chi connectivity index (χ1n) is 7.37. The summed E-state index contributed by atoms with van der Waals surface area (Å²) in [6.07, 6.45) is 0. The van der Waals surface area contributed by atoms with Gasteiger partial charge in [0.15, 0.2) is 0 Å². The summed E-state index contributed by atoms with van der Waals surface area (Å²) in [5, 5.41) is 2.96. The summed E-state index contributed by atoms with van der Waals surface area (Å²) in [6, 6.07) is 9.38. The number of carbonyl (C=O) groups is 1. The van der Waals surface area contributed by atoms with Crippen LogP contribution in [-0.2, 0) is 9.53 Å². The molecule has 0 aliphatic carbocycles. The quantitative estimate of drug-likeness (QED) is 0.875. The lowest BCUT2D eigenvalue weighted by atomic mass is 10.1. The molecule has 0 radical (unpaired) electrons. The van der Waals surface area contributed by atoms with Crippen molar-refractivity contribution in [3.05, 3.63) is 35.6 Å². The number of hydrogen-bond donors (Lipinski definition) is 1. The molecule has 2 heterocycles. The minimum absolute atomic E-state index is 0.0996. The van der Waals surface area contributed by atoms with Gasteiger partial charge in [-0.05, 0) is 23.7 Å². The van der Waals surface area contributed by atoms with Crippen LogP contribution < -0.4 is 10.2 Å². The highest BCUT2D eigenvalue weighted by molar-refractivity contribution is 6.28. The number of amides is 1. The molecule has 0 spiro atoms. The van der Waals surface area contributed by atoms with E-state index in [-0.39, 0.29) is 11.2 Å². The van der Waals surface area contributed by atoms with E-state index in [1.807, 2.05) is 30.3 Å². The molecule has 2 aromatic rings. The molecule has 1 N–H and O–H groups in total. The van der Waals surface area contributed by atoms with Crippen LogP contribution in [0.2, 0.25) is 5.28 Å². The van der Waals surface area contributed by atoms with Gasteiger partial charge in [0, 0.05) is 37.3 Å². The summed E-state index contributed by atoms with van der Waals surface area (Å²) in [5.74, 6) is 0.701. The van der Waals surface area contributed by atoms with E-state index in [4.69, 9.17) is 16.3 Å². The van der Waals surface area contributed by atoms with Gasteiger partial charge in [-0.2, -0.15) is 0 Å². The second-order valence-corrected chi connectivity index (χ2v) is 5.58. The molecule has 0 unspecified atom stereocenters. The summed E-state index contributed by atoms with van der Waals surface area (Å²) in [6.45, 7) is 4.42. The molecule has 0 atom stereocenters. The smallest absolute Gasteiger partial charge is 0.224 e. The third-order valence-corrected chi connectivity index (χ3v) is 3.69. The first kappa shape index (κ1) is 15.7. The van der Waals surface area contributed by atoms with E-state index in [0.29, 0.717) is 13.2 Å². The third-order valence-electron chi connectivity index (χ3n) is 3.52. The second kappa shape index (κ2) is 6.93. The standard InChI is InChI=1S/C16H17ClN4O2/c1-11(22)18-13-4-2-12(3-5-13)14-10-15(20-16(17)19-14)21-6-8-23-9-7-21/h2-5,10H,6-9H2,1H3,(H,18,22). The van der Waals surface area contributed by atoms with Crippen molar-refractivity contribution in [1.29, 1.82) is 0 Å². The SMILES string of the molecule is CC(=O)Nc1ccc(-c2cc(N3CCOCC3)nc(Cl)n2)cc1. The number of carbonyl (C=O) groups excluding carboxylic acids is 1. The third kappa shape index (κ3) is 3.97.